The van der Waals surface area contributed by atoms with Gasteiger partial charge < -0.3 is 24.3 Å². The molecule has 7 nitrogen and oxygen atoms in total. The standard InChI is InChI=1S/C21H17F4N3O4/c1-29-15-4-10-14(5-16(15)32-17-7-31-19-13(25)6-30-20(17)19)26-8-27-21(10)28-18-11(23)2-9(22)3-12(18)24/h2-5,8,13,17,19-20H,6-7H2,1H3,(H,26,27,28)/t13-,17-,19+,20?/m1/s1. The molecule has 1 aromatic heterocycles. The summed E-state index contributed by atoms with van der Waals surface area (Å²) in [6.07, 6.45) is -1.78. The molecule has 2 aliphatic heterocycles. The Bertz CT molecular complexity index is 1160. The van der Waals surface area contributed by atoms with Gasteiger partial charge in [0, 0.05) is 23.6 Å². The van der Waals surface area contributed by atoms with Gasteiger partial charge in [0.15, 0.2) is 35.4 Å². The van der Waals surface area contributed by atoms with Crippen LogP contribution in [0.1, 0.15) is 0 Å². The van der Waals surface area contributed by atoms with Crippen molar-refractivity contribution in [3.8, 4) is 11.5 Å². The highest BCUT2D eigenvalue weighted by Gasteiger charge is 2.49. The third kappa shape index (κ3) is 3.56. The van der Waals surface area contributed by atoms with Crippen LogP contribution < -0.4 is 14.8 Å². The zero-order chi connectivity index (χ0) is 22.4. The minimum atomic E-state index is -1.21. The number of nitrogens with one attached hydrogen (secondary N) is 1. The zero-order valence-electron chi connectivity index (χ0n) is 16.6. The molecule has 2 aliphatic rings. The number of halogens is 4. The molecule has 0 aliphatic carbocycles. The van der Waals surface area contributed by atoms with Crippen LogP contribution in [0.3, 0.4) is 0 Å². The minimum Gasteiger partial charge on any atom is -0.493 e. The van der Waals surface area contributed by atoms with Gasteiger partial charge in [0.25, 0.3) is 0 Å². The van der Waals surface area contributed by atoms with E-state index in [4.69, 9.17) is 18.9 Å². The number of alkyl halides is 1. The van der Waals surface area contributed by atoms with Crippen LogP contribution in [0.15, 0.2) is 30.6 Å². The fraction of sp³-hybridized carbons (Fsp3) is 0.333. The Hall–Kier alpha value is -3.18. The first-order chi connectivity index (χ1) is 15.4. The first kappa shape index (κ1) is 20.7. The van der Waals surface area contributed by atoms with Gasteiger partial charge in [0.2, 0.25) is 0 Å². The van der Waals surface area contributed by atoms with Crippen molar-refractivity contribution in [1.29, 1.82) is 0 Å². The van der Waals surface area contributed by atoms with E-state index in [9.17, 15) is 17.6 Å². The number of nitrogens with zero attached hydrogens (tertiary/aromatic N) is 2. The van der Waals surface area contributed by atoms with Gasteiger partial charge in [0.1, 0.15) is 35.9 Å². The molecule has 1 N–H and O–H groups in total. The summed E-state index contributed by atoms with van der Waals surface area (Å²) in [5.74, 6) is -2.59. The Morgan fingerprint density at radius 1 is 0.969 bits per heavy atom. The highest BCUT2D eigenvalue weighted by Crippen LogP contribution is 2.38. The Kier molecular flexibility index (Phi) is 5.22. The van der Waals surface area contributed by atoms with Crippen molar-refractivity contribution in [2.24, 2.45) is 0 Å². The van der Waals surface area contributed by atoms with Gasteiger partial charge in [-0.05, 0) is 6.07 Å². The lowest BCUT2D eigenvalue weighted by Crippen LogP contribution is -2.33. The molecule has 0 radical (unpaired) electrons. The van der Waals surface area contributed by atoms with Gasteiger partial charge in [-0.15, -0.1) is 0 Å². The molecule has 2 fully saturated rings. The number of methoxy groups -OCH3 is 1. The fourth-order valence-corrected chi connectivity index (χ4v) is 3.88. The van der Waals surface area contributed by atoms with Gasteiger partial charge in [-0.2, -0.15) is 0 Å². The number of ether oxygens (including phenoxy) is 4. The number of anilines is 2. The van der Waals surface area contributed by atoms with E-state index < -0.39 is 47.6 Å². The largest absolute Gasteiger partial charge is 0.493 e. The van der Waals surface area contributed by atoms with Crippen LogP contribution in [0.25, 0.3) is 10.9 Å². The van der Waals surface area contributed by atoms with Crippen molar-refractivity contribution in [3.05, 3.63) is 48.0 Å². The molecule has 11 heteroatoms. The van der Waals surface area contributed by atoms with Crippen molar-refractivity contribution < 1.29 is 36.5 Å². The van der Waals surface area contributed by atoms with Crippen molar-refractivity contribution in [2.75, 3.05) is 25.6 Å². The Morgan fingerprint density at radius 2 is 1.72 bits per heavy atom. The summed E-state index contributed by atoms with van der Waals surface area (Å²) in [6.45, 7) is 0.0967. The van der Waals surface area contributed by atoms with Gasteiger partial charge in [-0.25, -0.2) is 27.5 Å². The summed E-state index contributed by atoms with van der Waals surface area (Å²) in [6, 6.07) is 4.22. The Labute approximate surface area is 179 Å². The molecular weight excluding hydrogens is 434 g/mol. The van der Waals surface area contributed by atoms with E-state index in [1.807, 2.05) is 0 Å². The Balaban J connectivity index is 1.48. The quantitative estimate of drug-likeness (QED) is 0.594. The number of fused-ring (bicyclic) bond motifs is 2. The van der Waals surface area contributed by atoms with E-state index in [-0.39, 0.29) is 24.8 Å². The van der Waals surface area contributed by atoms with Crippen LogP contribution in [0.2, 0.25) is 0 Å². The molecule has 1 unspecified atom stereocenters. The molecule has 0 bridgehead atoms. The highest BCUT2D eigenvalue weighted by molar-refractivity contribution is 5.93. The first-order valence-corrected chi connectivity index (χ1v) is 9.73. The second-order valence-corrected chi connectivity index (χ2v) is 7.38. The average Bonchev–Trinajstić information content (AvgIpc) is 3.33. The maximum absolute atomic E-state index is 14.1. The third-order valence-electron chi connectivity index (χ3n) is 5.40. The summed E-state index contributed by atoms with van der Waals surface area (Å²) in [5.41, 5.74) is -0.175. The smallest absolute Gasteiger partial charge is 0.164 e. The molecule has 0 spiro atoms. The van der Waals surface area contributed by atoms with Crippen molar-refractivity contribution >= 4 is 22.4 Å². The number of hydrogen-bond donors (Lipinski definition) is 1. The van der Waals surface area contributed by atoms with E-state index in [1.165, 1.54) is 19.5 Å². The molecule has 0 saturated carbocycles. The molecular formula is C21H17F4N3O4. The minimum absolute atomic E-state index is 0.0528. The lowest BCUT2D eigenvalue weighted by molar-refractivity contribution is 0.0271. The molecule has 3 heterocycles. The average molecular weight is 451 g/mol. The van der Waals surface area contributed by atoms with Gasteiger partial charge >= 0.3 is 0 Å². The predicted molar refractivity (Wildman–Crippen MR) is 104 cm³/mol. The molecule has 4 atom stereocenters. The lowest BCUT2D eigenvalue weighted by Gasteiger charge is -2.20. The maximum Gasteiger partial charge on any atom is 0.164 e. The summed E-state index contributed by atoms with van der Waals surface area (Å²) < 4.78 is 77.5. The monoisotopic (exact) mass is 451 g/mol. The summed E-state index contributed by atoms with van der Waals surface area (Å²) in [5, 5.41) is 2.92. The number of hydrogen-bond acceptors (Lipinski definition) is 7. The molecule has 5 rings (SSSR count). The number of aromatic nitrogens is 2. The molecule has 168 valence electrons. The van der Waals surface area contributed by atoms with Crippen molar-refractivity contribution in [3.63, 3.8) is 0 Å². The molecule has 0 amide bonds. The number of benzene rings is 2. The van der Waals surface area contributed by atoms with Crippen LogP contribution in [0, 0.1) is 17.5 Å². The highest BCUT2D eigenvalue weighted by atomic mass is 19.1. The van der Waals surface area contributed by atoms with E-state index in [2.05, 4.69) is 15.3 Å². The van der Waals surface area contributed by atoms with Crippen LogP contribution in [0.5, 0.6) is 11.5 Å². The van der Waals surface area contributed by atoms with Crippen molar-refractivity contribution in [1.82, 2.24) is 9.97 Å². The van der Waals surface area contributed by atoms with E-state index in [0.717, 1.165) is 0 Å². The van der Waals surface area contributed by atoms with E-state index in [1.54, 1.807) is 6.07 Å². The predicted octanol–water partition coefficient (Wildman–Crippen LogP) is 3.68. The molecule has 32 heavy (non-hydrogen) atoms. The van der Waals surface area contributed by atoms with Crippen LogP contribution >= 0.6 is 0 Å². The normalized spacial score (nSPS) is 24.5. The third-order valence-corrected chi connectivity index (χ3v) is 5.40. The topological polar surface area (TPSA) is 74.7 Å². The van der Waals surface area contributed by atoms with Gasteiger partial charge in [0.05, 0.1) is 25.8 Å². The van der Waals surface area contributed by atoms with Crippen LogP contribution in [-0.4, -0.2) is 54.8 Å². The second kappa shape index (κ2) is 8.06. The SMILES string of the molecule is COc1cc2c(Nc3c(F)cc(F)cc3F)ncnc2cc1O[C@@H]1CO[C@@H]2C1OC[C@H]2F. The fourth-order valence-electron chi connectivity index (χ4n) is 3.88. The van der Waals surface area contributed by atoms with Gasteiger partial charge in [-0.3, -0.25) is 0 Å². The maximum atomic E-state index is 14.1. The second-order valence-electron chi connectivity index (χ2n) is 7.38. The number of rotatable bonds is 5. The summed E-state index contributed by atoms with van der Waals surface area (Å²) in [7, 11) is 1.42. The van der Waals surface area contributed by atoms with E-state index >= 15 is 0 Å². The lowest BCUT2D eigenvalue weighted by atomic mass is 10.1. The van der Waals surface area contributed by atoms with E-state index in [0.29, 0.717) is 28.8 Å². The Morgan fingerprint density at radius 3 is 2.47 bits per heavy atom. The van der Waals surface area contributed by atoms with Crippen molar-refractivity contribution in [2.45, 2.75) is 24.5 Å². The molecule has 3 aromatic rings. The first-order valence-electron chi connectivity index (χ1n) is 9.73. The zero-order valence-corrected chi connectivity index (χ0v) is 16.6. The summed E-state index contributed by atoms with van der Waals surface area (Å²) >= 11 is 0. The van der Waals surface area contributed by atoms with Crippen LogP contribution in [-0.2, 0) is 9.47 Å². The summed E-state index contributed by atoms with van der Waals surface area (Å²) in [4.78, 5) is 8.21. The van der Waals surface area contributed by atoms with Gasteiger partial charge in [-0.1, -0.05) is 0 Å². The molecule has 2 saturated heterocycles. The molecule has 2 aromatic carbocycles. The van der Waals surface area contributed by atoms with Crippen LogP contribution in [0.4, 0.5) is 29.1 Å².